The van der Waals surface area contributed by atoms with Crippen LogP contribution in [-0.4, -0.2) is 28.9 Å². The molecule has 6 rings (SSSR count). The number of rotatable bonds is 5. The van der Waals surface area contributed by atoms with Gasteiger partial charge in [0.1, 0.15) is 0 Å². The van der Waals surface area contributed by atoms with E-state index >= 15 is 0 Å². The molecule has 1 atom stereocenters. The molecule has 0 saturated heterocycles. The predicted molar refractivity (Wildman–Crippen MR) is 147 cm³/mol. The predicted octanol–water partition coefficient (Wildman–Crippen LogP) is 6.76. The maximum Gasteiger partial charge on any atom is 0.296 e. The maximum absolute atomic E-state index is 13.9. The molecular weight excluding hydrogens is 500 g/mol. The van der Waals surface area contributed by atoms with E-state index in [2.05, 4.69) is 0 Å². The van der Waals surface area contributed by atoms with E-state index in [9.17, 15) is 14.7 Å². The van der Waals surface area contributed by atoms with Crippen molar-refractivity contribution in [3.8, 4) is 5.75 Å². The summed E-state index contributed by atoms with van der Waals surface area (Å²) in [5, 5.41) is 12.2. The lowest BCUT2D eigenvalue weighted by Crippen LogP contribution is -2.31. The molecule has 0 aliphatic carbocycles. The molecule has 8 heteroatoms. The molecule has 1 amide bonds. The van der Waals surface area contributed by atoms with Gasteiger partial charge < -0.3 is 14.3 Å². The number of thiazole rings is 1. The molecule has 1 unspecified atom stereocenters. The molecule has 1 N–H and O–H groups in total. The molecule has 3 aromatic carbocycles. The molecule has 5 aromatic rings. The number of fused-ring (bicyclic) bond motifs is 2. The second-order valence-electron chi connectivity index (χ2n) is 9.49. The Labute approximate surface area is 222 Å². The first-order valence-electron chi connectivity index (χ1n) is 12.1. The first kappa shape index (κ1) is 23.9. The number of methoxy groups -OCH3 is 1. The normalized spacial score (nSPS) is 15.7. The Morgan fingerprint density at radius 2 is 1.82 bits per heavy atom. The SMILES string of the molecule is COc1cccc2cc(C(=O)C3=C(O)C(=O)N(c4nc5c(C)cc(C)cc5s4)C3c3ccc(C)cc3)oc12. The number of carbonyl (C=O) groups is 2. The molecule has 1 aliphatic rings. The number of hydrogen-bond donors (Lipinski definition) is 1. The Balaban J connectivity index is 1.52. The van der Waals surface area contributed by atoms with Crippen LogP contribution < -0.4 is 9.64 Å². The van der Waals surface area contributed by atoms with Crippen LogP contribution >= 0.6 is 11.3 Å². The fourth-order valence-corrected chi connectivity index (χ4v) is 6.17. The standard InChI is InChI=1S/C30H24N2O5S/c1-15-8-10-18(11-9-15)25-23(26(33)21-14-19-6-5-7-20(36-4)28(19)37-21)27(34)29(35)32(25)30-31-24-17(3)12-16(2)13-22(24)38-30/h5-14,25,34H,1-4H3. The van der Waals surface area contributed by atoms with Crippen molar-refractivity contribution in [2.75, 3.05) is 12.0 Å². The Bertz CT molecular complexity index is 1800. The van der Waals surface area contributed by atoms with Crippen molar-refractivity contribution in [2.24, 2.45) is 0 Å². The number of ketones is 1. The largest absolute Gasteiger partial charge is 0.503 e. The molecule has 38 heavy (non-hydrogen) atoms. The summed E-state index contributed by atoms with van der Waals surface area (Å²) in [6.07, 6.45) is 0. The molecule has 0 spiro atoms. The van der Waals surface area contributed by atoms with Crippen molar-refractivity contribution in [1.29, 1.82) is 0 Å². The van der Waals surface area contributed by atoms with E-state index in [1.54, 1.807) is 24.3 Å². The van der Waals surface area contributed by atoms with Crippen LogP contribution in [0, 0.1) is 20.8 Å². The highest BCUT2D eigenvalue weighted by atomic mass is 32.1. The van der Waals surface area contributed by atoms with Gasteiger partial charge in [0, 0.05) is 5.39 Å². The van der Waals surface area contributed by atoms with Crippen molar-refractivity contribution in [3.63, 3.8) is 0 Å². The van der Waals surface area contributed by atoms with Gasteiger partial charge in [0.25, 0.3) is 5.91 Å². The third-order valence-electron chi connectivity index (χ3n) is 6.82. The molecule has 0 saturated carbocycles. The third kappa shape index (κ3) is 3.68. The zero-order valence-corrected chi connectivity index (χ0v) is 22.1. The van der Waals surface area contributed by atoms with E-state index in [0.717, 1.165) is 26.9 Å². The van der Waals surface area contributed by atoms with Crippen molar-refractivity contribution in [1.82, 2.24) is 4.98 Å². The average molecular weight is 525 g/mol. The van der Waals surface area contributed by atoms with Gasteiger partial charge in [0.2, 0.25) is 5.78 Å². The number of furan rings is 1. The Kier molecular flexibility index (Phi) is 5.57. The molecule has 2 aromatic heterocycles. The smallest absolute Gasteiger partial charge is 0.296 e. The summed E-state index contributed by atoms with van der Waals surface area (Å²) in [4.78, 5) is 33.7. The minimum Gasteiger partial charge on any atom is -0.503 e. The molecule has 7 nitrogen and oxygen atoms in total. The first-order valence-corrected chi connectivity index (χ1v) is 12.9. The number of benzene rings is 3. The van der Waals surface area contributed by atoms with Gasteiger partial charge in [-0.15, -0.1) is 0 Å². The van der Waals surface area contributed by atoms with Crippen molar-refractivity contribution < 1.29 is 23.8 Å². The van der Waals surface area contributed by atoms with Crippen LogP contribution in [0.5, 0.6) is 5.75 Å². The van der Waals surface area contributed by atoms with Crippen LogP contribution in [0.25, 0.3) is 21.2 Å². The highest BCUT2D eigenvalue weighted by Gasteiger charge is 2.46. The van der Waals surface area contributed by atoms with E-state index in [4.69, 9.17) is 14.1 Å². The number of aryl methyl sites for hydroxylation is 3. The second kappa shape index (κ2) is 8.85. The monoisotopic (exact) mass is 524 g/mol. The number of aliphatic hydroxyl groups excluding tert-OH is 1. The number of hydrogen-bond acceptors (Lipinski definition) is 7. The summed E-state index contributed by atoms with van der Waals surface area (Å²) in [5.74, 6) is -1.37. The van der Waals surface area contributed by atoms with E-state index in [-0.39, 0.29) is 11.3 Å². The Morgan fingerprint density at radius 1 is 1.05 bits per heavy atom. The number of para-hydroxylation sites is 1. The van der Waals surface area contributed by atoms with E-state index in [1.807, 2.05) is 57.2 Å². The lowest BCUT2D eigenvalue weighted by atomic mass is 9.94. The summed E-state index contributed by atoms with van der Waals surface area (Å²) < 4.78 is 12.2. The van der Waals surface area contributed by atoms with Crippen molar-refractivity contribution >= 4 is 49.3 Å². The van der Waals surface area contributed by atoms with Crippen LogP contribution in [0.15, 0.2) is 76.4 Å². The van der Waals surface area contributed by atoms with Gasteiger partial charge in [-0.2, -0.15) is 0 Å². The second-order valence-corrected chi connectivity index (χ2v) is 10.5. The highest BCUT2D eigenvalue weighted by molar-refractivity contribution is 7.22. The fraction of sp³-hybridized carbons (Fsp3) is 0.167. The topological polar surface area (TPSA) is 92.9 Å². The quantitative estimate of drug-likeness (QED) is 0.255. The van der Waals surface area contributed by atoms with Crippen molar-refractivity contribution in [2.45, 2.75) is 26.8 Å². The number of aliphatic hydroxyl groups is 1. The lowest BCUT2D eigenvalue weighted by molar-refractivity contribution is -0.117. The van der Waals surface area contributed by atoms with Gasteiger partial charge in [0.15, 0.2) is 28.0 Å². The van der Waals surface area contributed by atoms with E-state index in [1.165, 1.54) is 23.3 Å². The zero-order chi connectivity index (χ0) is 26.7. The van der Waals surface area contributed by atoms with Crippen LogP contribution in [0.3, 0.4) is 0 Å². The summed E-state index contributed by atoms with van der Waals surface area (Å²) >= 11 is 1.35. The van der Waals surface area contributed by atoms with Gasteiger partial charge in [0.05, 0.1) is 28.9 Å². The Hall–Kier alpha value is -4.43. The number of aromatic nitrogens is 1. The summed E-state index contributed by atoms with van der Waals surface area (Å²) in [6, 6.07) is 17.7. The maximum atomic E-state index is 13.9. The van der Waals surface area contributed by atoms with Crippen LogP contribution in [0.4, 0.5) is 5.13 Å². The molecule has 0 fully saturated rings. The van der Waals surface area contributed by atoms with Crippen molar-refractivity contribution in [3.05, 3.63) is 100 Å². The van der Waals surface area contributed by atoms with Crippen LogP contribution in [-0.2, 0) is 4.79 Å². The van der Waals surface area contributed by atoms with Gasteiger partial charge in [-0.25, -0.2) is 4.98 Å². The van der Waals surface area contributed by atoms with Gasteiger partial charge in [-0.05, 0) is 55.7 Å². The molecule has 1 aliphatic heterocycles. The first-order chi connectivity index (χ1) is 18.3. The number of Topliss-reactive ketones (excluding diaryl/α,β-unsaturated/α-hetero) is 1. The van der Waals surface area contributed by atoms with Gasteiger partial charge in [-0.1, -0.05) is 59.4 Å². The van der Waals surface area contributed by atoms with Gasteiger partial charge >= 0.3 is 0 Å². The van der Waals surface area contributed by atoms with Crippen LogP contribution in [0.1, 0.15) is 38.9 Å². The minimum absolute atomic E-state index is 0.00795. The molecular formula is C30H24N2O5S. The lowest BCUT2D eigenvalue weighted by Gasteiger charge is -2.24. The highest BCUT2D eigenvalue weighted by Crippen LogP contribution is 2.45. The van der Waals surface area contributed by atoms with Gasteiger partial charge in [-0.3, -0.25) is 14.5 Å². The number of anilines is 1. The molecule has 3 heterocycles. The summed E-state index contributed by atoms with van der Waals surface area (Å²) in [5.41, 5.74) is 4.94. The van der Waals surface area contributed by atoms with Crippen LogP contribution in [0.2, 0.25) is 0 Å². The molecule has 0 bridgehead atoms. The minimum atomic E-state index is -0.882. The number of ether oxygens (including phenoxy) is 1. The van der Waals surface area contributed by atoms with E-state index in [0.29, 0.717) is 27.4 Å². The summed E-state index contributed by atoms with van der Waals surface area (Å²) in [6.45, 7) is 5.94. The average Bonchev–Trinajstić information content (AvgIpc) is 3.58. The zero-order valence-electron chi connectivity index (χ0n) is 21.2. The summed E-state index contributed by atoms with van der Waals surface area (Å²) in [7, 11) is 1.52. The number of carbonyl (C=O) groups excluding carboxylic acids is 2. The number of nitrogens with zero attached hydrogens (tertiary/aromatic N) is 2. The molecule has 0 radical (unpaired) electrons. The number of amides is 1. The third-order valence-corrected chi connectivity index (χ3v) is 7.82. The Morgan fingerprint density at radius 3 is 2.55 bits per heavy atom. The van der Waals surface area contributed by atoms with E-state index < -0.39 is 23.5 Å². The fourth-order valence-electron chi connectivity index (χ4n) is 5.00. The molecule has 190 valence electrons.